The molecule has 0 aliphatic rings. The molecule has 0 radical (unpaired) electrons. The molecular weight excluding hydrogens is 212 g/mol. The molecule has 2 rings (SSSR count). The van der Waals surface area contributed by atoms with E-state index in [-0.39, 0.29) is 0 Å². The van der Waals surface area contributed by atoms with Crippen LogP contribution in [-0.4, -0.2) is 6.54 Å². The number of nitrogens with two attached hydrogens (primary N) is 1. The number of hydrogen-bond acceptors (Lipinski definition) is 3. The number of nitrogen functional groups attached to an aromatic ring is 1. The molecule has 2 aromatic rings. The summed E-state index contributed by atoms with van der Waals surface area (Å²) >= 11 is 0. The Balaban J connectivity index is 1.71. The quantitative estimate of drug-likeness (QED) is 0.613. The lowest BCUT2D eigenvalue weighted by atomic mass is 10.2. The zero-order valence-electron chi connectivity index (χ0n) is 10.1. The average molecular weight is 230 g/mol. The lowest BCUT2D eigenvalue weighted by Crippen LogP contribution is -2.16. The first-order chi connectivity index (χ1) is 8.24. The van der Waals surface area contributed by atoms with E-state index in [0.717, 1.165) is 36.7 Å². The largest absolute Gasteiger partial charge is 0.466 e. The van der Waals surface area contributed by atoms with Crippen LogP contribution in [0.25, 0.3) is 0 Å². The normalized spacial score (nSPS) is 10.6. The van der Waals surface area contributed by atoms with Crippen LogP contribution in [0, 0.1) is 6.92 Å². The number of benzene rings is 1. The van der Waals surface area contributed by atoms with Gasteiger partial charge in [0.25, 0.3) is 0 Å². The molecular formula is C14H18N2O. The molecule has 90 valence electrons. The van der Waals surface area contributed by atoms with Crippen LogP contribution in [0.15, 0.2) is 40.8 Å². The maximum atomic E-state index is 5.63. The molecule has 1 aromatic carbocycles. The van der Waals surface area contributed by atoms with Crippen LogP contribution in [-0.2, 0) is 13.0 Å². The van der Waals surface area contributed by atoms with E-state index in [2.05, 4.69) is 5.32 Å². The summed E-state index contributed by atoms with van der Waals surface area (Å²) in [6, 6.07) is 12.0. The minimum atomic E-state index is 0.805. The van der Waals surface area contributed by atoms with E-state index in [1.807, 2.05) is 43.3 Å². The average Bonchev–Trinajstić information content (AvgIpc) is 2.73. The van der Waals surface area contributed by atoms with Gasteiger partial charge in [0, 0.05) is 25.2 Å². The Morgan fingerprint density at radius 2 is 1.88 bits per heavy atom. The van der Waals surface area contributed by atoms with E-state index in [1.54, 1.807) is 0 Å². The first kappa shape index (κ1) is 11.7. The fourth-order valence-electron chi connectivity index (χ4n) is 1.70. The summed E-state index contributed by atoms with van der Waals surface area (Å²) in [5.41, 5.74) is 7.68. The van der Waals surface area contributed by atoms with Gasteiger partial charge in [0.2, 0.25) is 0 Å². The van der Waals surface area contributed by atoms with Gasteiger partial charge in [-0.25, -0.2) is 0 Å². The van der Waals surface area contributed by atoms with Crippen molar-refractivity contribution in [2.45, 2.75) is 19.9 Å². The van der Waals surface area contributed by atoms with Gasteiger partial charge in [-0.2, -0.15) is 0 Å². The Kier molecular flexibility index (Phi) is 3.83. The molecule has 0 unspecified atom stereocenters. The maximum Gasteiger partial charge on any atom is 0.105 e. The van der Waals surface area contributed by atoms with Crippen molar-refractivity contribution < 1.29 is 4.42 Å². The molecule has 17 heavy (non-hydrogen) atoms. The fraction of sp³-hybridized carbons (Fsp3) is 0.286. The first-order valence-corrected chi connectivity index (χ1v) is 5.84. The topological polar surface area (TPSA) is 51.2 Å². The second-order valence-electron chi connectivity index (χ2n) is 4.18. The minimum absolute atomic E-state index is 0.805. The molecule has 0 saturated heterocycles. The Morgan fingerprint density at radius 1 is 1.12 bits per heavy atom. The Bertz CT molecular complexity index is 459. The van der Waals surface area contributed by atoms with Gasteiger partial charge < -0.3 is 15.5 Å². The summed E-state index contributed by atoms with van der Waals surface area (Å²) in [5.74, 6) is 2.01. The molecule has 3 nitrogen and oxygen atoms in total. The van der Waals surface area contributed by atoms with E-state index >= 15 is 0 Å². The summed E-state index contributed by atoms with van der Waals surface area (Å²) in [6.07, 6.45) is 0.919. The van der Waals surface area contributed by atoms with Crippen LogP contribution in [0.4, 0.5) is 5.69 Å². The fourth-order valence-corrected chi connectivity index (χ4v) is 1.70. The molecule has 0 aliphatic heterocycles. The highest BCUT2D eigenvalue weighted by Crippen LogP contribution is 2.07. The Morgan fingerprint density at radius 3 is 2.53 bits per heavy atom. The number of anilines is 1. The molecule has 1 aromatic heterocycles. The second-order valence-corrected chi connectivity index (χ2v) is 4.18. The third-order valence-corrected chi connectivity index (χ3v) is 2.65. The van der Waals surface area contributed by atoms with Gasteiger partial charge in [-0.15, -0.1) is 0 Å². The van der Waals surface area contributed by atoms with Gasteiger partial charge in [-0.05, 0) is 36.8 Å². The highest BCUT2D eigenvalue weighted by atomic mass is 16.3. The molecule has 0 amide bonds. The van der Waals surface area contributed by atoms with Crippen LogP contribution in [0.5, 0.6) is 0 Å². The Hall–Kier alpha value is -1.74. The minimum Gasteiger partial charge on any atom is -0.466 e. The van der Waals surface area contributed by atoms with Crippen LogP contribution >= 0.6 is 0 Å². The number of furan rings is 1. The van der Waals surface area contributed by atoms with Crippen molar-refractivity contribution in [2.24, 2.45) is 0 Å². The maximum absolute atomic E-state index is 5.63. The van der Waals surface area contributed by atoms with Gasteiger partial charge in [-0.3, -0.25) is 0 Å². The van der Waals surface area contributed by atoms with E-state index in [4.69, 9.17) is 10.2 Å². The number of nitrogens with one attached hydrogen (secondary N) is 1. The van der Waals surface area contributed by atoms with E-state index < -0.39 is 0 Å². The molecule has 3 heteroatoms. The summed E-state index contributed by atoms with van der Waals surface area (Å²) in [7, 11) is 0. The monoisotopic (exact) mass is 230 g/mol. The summed E-state index contributed by atoms with van der Waals surface area (Å²) in [6.45, 7) is 3.74. The molecule has 0 saturated carbocycles. The predicted octanol–water partition coefficient (Wildman–Crippen LogP) is 2.50. The summed E-state index contributed by atoms with van der Waals surface area (Å²) < 4.78 is 5.49. The molecule has 3 N–H and O–H groups in total. The van der Waals surface area contributed by atoms with E-state index in [9.17, 15) is 0 Å². The van der Waals surface area contributed by atoms with Crippen molar-refractivity contribution in [1.82, 2.24) is 5.32 Å². The SMILES string of the molecule is Cc1ccc(CCNCc2ccc(N)cc2)o1. The first-order valence-electron chi connectivity index (χ1n) is 5.84. The smallest absolute Gasteiger partial charge is 0.105 e. The van der Waals surface area contributed by atoms with Crippen LogP contribution < -0.4 is 11.1 Å². The van der Waals surface area contributed by atoms with Gasteiger partial charge in [-0.1, -0.05) is 12.1 Å². The second kappa shape index (κ2) is 5.55. The van der Waals surface area contributed by atoms with Crippen LogP contribution in [0.3, 0.4) is 0 Å². The number of rotatable bonds is 5. The molecule has 1 heterocycles. The van der Waals surface area contributed by atoms with E-state index in [0.29, 0.717) is 0 Å². The standard InChI is InChI=1S/C14H18N2O/c1-11-2-7-14(17-11)8-9-16-10-12-3-5-13(15)6-4-12/h2-7,16H,8-10,15H2,1H3. The van der Waals surface area contributed by atoms with Crippen molar-refractivity contribution in [3.63, 3.8) is 0 Å². The van der Waals surface area contributed by atoms with Crippen LogP contribution in [0.1, 0.15) is 17.1 Å². The van der Waals surface area contributed by atoms with Crippen molar-refractivity contribution >= 4 is 5.69 Å². The Labute approximate surface area is 102 Å². The van der Waals surface area contributed by atoms with Crippen LogP contribution in [0.2, 0.25) is 0 Å². The molecule has 0 spiro atoms. The van der Waals surface area contributed by atoms with Gasteiger partial charge in [0.15, 0.2) is 0 Å². The third-order valence-electron chi connectivity index (χ3n) is 2.65. The van der Waals surface area contributed by atoms with Crippen molar-refractivity contribution in [3.05, 3.63) is 53.5 Å². The number of hydrogen-bond donors (Lipinski definition) is 2. The molecule has 0 atom stereocenters. The van der Waals surface area contributed by atoms with Gasteiger partial charge in [0.05, 0.1) is 0 Å². The highest BCUT2D eigenvalue weighted by Gasteiger charge is 1.98. The van der Waals surface area contributed by atoms with Crippen molar-refractivity contribution in [2.75, 3.05) is 12.3 Å². The predicted molar refractivity (Wildman–Crippen MR) is 69.7 cm³/mol. The highest BCUT2D eigenvalue weighted by molar-refractivity contribution is 5.39. The molecule has 0 aliphatic carbocycles. The lowest BCUT2D eigenvalue weighted by molar-refractivity contribution is 0.475. The molecule has 0 bridgehead atoms. The summed E-state index contributed by atoms with van der Waals surface area (Å²) in [5, 5.41) is 3.38. The summed E-state index contributed by atoms with van der Waals surface area (Å²) in [4.78, 5) is 0. The van der Waals surface area contributed by atoms with Crippen molar-refractivity contribution in [1.29, 1.82) is 0 Å². The third kappa shape index (κ3) is 3.64. The van der Waals surface area contributed by atoms with Crippen molar-refractivity contribution in [3.8, 4) is 0 Å². The van der Waals surface area contributed by atoms with Gasteiger partial charge >= 0.3 is 0 Å². The van der Waals surface area contributed by atoms with E-state index in [1.165, 1.54) is 5.56 Å². The zero-order valence-corrected chi connectivity index (χ0v) is 10.1. The molecule has 0 fully saturated rings. The lowest BCUT2D eigenvalue weighted by Gasteiger charge is -2.04. The zero-order chi connectivity index (χ0) is 12.1. The number of aryl methyl sites for hydroxylation is 1. The van der Waals surface area contributed by atoms with Gasteiger partial charge in [0.1, 0.15) is 11.5 Å².